The van der Waals surface area contributed by atoms with Crippen LogP contribution in [0.25, 0.3) is 16.6 Å². The summed E-state index contributed by atoms with van der Waals surface area (Å²) in [5.74, 6) is 0.940. The quantitative estimate of drug-likeness (QED) is 0.706. The van der Waals surface area contributed by atoms with E-state index in [1.165, 1.54) is 16.3 Å². The molecular formula is C14H14ClN3. The van der Waals surface area contributed by atoms with Gasteiger partial charge in [-0.15, -0.1) is 12.4 Å². The number of aryl methyl sites for hydroxylation is 1. The summed E-state index contributed by atoms with van der Waals surface area (Å²) in [4.78, 5) is 8.61. The zero-order chi connectivity index (χ0) is 11.7. The SMILES string of the molecule is CCc1cnc(-n2ccnc2)c2ccccc12.Cl. The predicted octanol–water partition coefficient (Wildman–Crippen LogP) is 3.40. The third kappa shape index (κ3) is 1.97. The molecule has 2 aromatic heterocycles. The first-order chi connectivity index (χ1) is 8.40. The normalized spacial score (nSPS) is 10.3. The fraction of sp³-hybridized carbons (Fsp3) is 0.143. The van der Waals surface area contributed by atoms with E-state index in [0.29, 0.717) is 0 Å². The summed E-state index contributed by atoms with van der Waals surface area (Å²) in [5.41, 5.74) is 1.28. The molecule has 0 saturated heterocycles. The smallest absolute Gasteiger partial charge is 0.145 e. The zero-order valence-corrected chi connectivity index (χ0v) is 10.9. The number of hydrogen-bond donors (Lipinski definition) is 0. The predicted molar refractivity (Wildman–Crippen MR) is 75.5 cm³/mol. The van der Waals surface area contributed by atoms with E-state index in [4.69, 9.17) is 0 Å². The van der Waals surface area contributed by atoms with Crippen molar-refractivity contribution in [3.8, 4) is 5.82 Å². The van der Waals surface area contributed by atoms with Crippen molar-refractivity contribution in [2.75, 3.05) is 0 Å². The number of rotatable bonds is 2. The summed E-state index contributed by atoms with van der Waals surface area (Å²) in [6.45, 7) is 2.15. The molecule has 0 aliphatic rings. The van der Waals surface area contributed by atoms with Crippen LogP contribution in [-0.2, 0) is 6.42 Å². The molecule has 18 heavy (non-hydrogen) atoms. The van der Waals surface area contributed by atoms with Gasteiger partial charge in [0, 0.05) is 24.0 Å². The molecule has 3 aromatic rings. The maximum absolute atomic E-state index is 4.54. The van der Waals surface area contributed by atoms with Gasteiger partial charge in [0.05, 0.1) is 0 Å². The van der Waals surface area contributed by atoms with Gasteiger partial charge in [-0.3, -0.25) is 4.57 Å². The fourth-order valence-electron chi connectivity index (χ4n) is 2.11. The maximum atomic E-state index is 4.54. The molecule has 0 spiro atoms. The van der Waals surface area contributed by atoms with Crippen molar-refractivity contribution in [3.05, 3.63) is 54.7 Å². The molecule has 0 bridgehead atoms. The van der Waals surface area contributed by atoms with Gasteiger partial charge in [-0.25, -0.2) is 9.97 Å². The van der Waals surface area contributed by atoms with Gasteiger partial charge in [-0.1, -0.05) is 31.2 Å². The fourth-order valence-corrected chi connectivity index (χ4v) is 2.11. The number of imidazole rings is 1. The minimum absolute atomic E-state index is 0. The van der Waals surface area contributed by atoms with Gasteiger partial charge in [0.1, 0.15) is 12.1 Å². The highest BCUT2D eigenvalue weighted by molar-refractivity contribution is 5.90. The minimum Gasteiger partial charge on any atom is -0.290 e. The Kier molecular flexibility index (Phi) is 3.63. The number of aromatic nitrogens is 3. The average Bonchev–Trinajstić information content (AvgIpc) is 2.91. The van der Waals surface area contributed by atoms with Gasteiger partial charge >= 0.3 is 0 Å². The van der Waals surface area contributed by atoms with Crippen molar-refractivity contribution in [3.63, 3.8) is 0 Å². The first kappa shape index (κ1) is 12.6. The van der Waals surface area contributed by atoms with Crippen LogP contribution in [0.2, 0.25) is 0 Å². The molecule has 1 aromatic carbocycles. The summed E-state index contributed by atoms with van der Waals surface area (Å²) in [5, 5.41) is 2.44. The summed E-state index contributed by atoms with van der Waals surface area (Å²) in [6, 6.07) is 8.37. The second-order valence-electron chi connectivity index (χ2n) is 3.98. The highest BCUT2D eigenvalue weighted by Crippen LogP contribution is 2.23. The molecule has 3 rings (SSSR count). The second kappa shape index (κ2) is 5.19. The van der Waals surface area contributed by atoms with Crippen molar-refractivity contribution in [1.29, 1.82) is 0 Å². The Bertz CT molecular complexity index is 647. The van der Waals surface area contributed by atoms with E-state index in [2.05, 4.69) is 35.1 Å². The average molecular weight is 260 g/mol. The Labute approximate surface area is 112 Å². The lowest BCUT2D eigenvalue weighted by Gasteiger charge is -2.09. The van der Waals surface area contributed by atoms with E-state index < -0.39 is 0 Å². The molecule has 4 heteroatoms. The van der Waals surface area contributed by atoms with Gasteiger partial charge in [-0.2, -0.15) is 0 Å². The molecule has 0 aliphatic carbocycles. The van der Waals surface area contributed by atoms with Crippen molar-refractivity contribution in [1.82, 2.24) is 14.5 Å². The van der Waals surface area contributed by atoms with E-state index in [1.807, 2.05) is 23.0 Å². The van der Waals surface area contributed by atoms with Crippen molar-refractivity contribution < 1.29 is 0 Å². The lowest BCUT2D eigenvalue weighted by molar-refractivity contribution is 0.996. The Morgan fingerprint density at radius 2 is 1.94 bits per heavy atom. The Morgan fingerprint density at radius 1 is 1.17 bits per heavy atom. The number of nitrogens with zero attached hydrogens (tertiary/aromatic N) is 3. The molecule has 0 radical (unpaired) electrons. The van der Waals surface area contributed by atoms with E-state index >= 15 is 0 Å². The molecule has 0 aliphatic heterocycles. The molecule has 0 fully saturated rings. The highest BCUT2D eigenvalue weighted by Gasteiger charge is 2.06. The van der Waals surface area contributed by atoms with Crippen LogP contribution >= 0.6 is 12.4 Å². The summed E-state index contributed by atoms with van der Waals surface area (Å²) in [6.07, 6.45) is 8.42. The Balaban J connectivity index is 0.00000120. The third-order valence-electron chi connectivity index (χ3n) is 2.99. The minimum atomic E-state index is 0. The van der Waals surface area contributed by atoms with Crippen LogP contribution in [-0.4, -0.2) is 14.5 Å². The number of pyridine rings is 1. The molecule has 92 valence electrons. The van der Waals surface area contributed by atoms with Gasteiger partial charge in [0.2, 0.25) is 0 Å². The highest BCUT2D eigenvalue weighted by atomic mass is 35.5. The van der Waals surface area contributed by atoms with Crippen LogP contribution in [0.15, 0.2) is 49.2 Å². The van der Waals surface area contributed by atoms with E-state index in [-0.39, 0.29) is 12.4 Å². The van der Waals surface area contributed by atoms with Gasteiger partial charge < -0.3 is 0 Å². The van der Waals surface area contributed by atoms with Gasteiger partial charge in [0.25, 0.3) is 0 Å². The van der Waals surface area contributed by atoms with Crippen LogP contribution in [0.5, 0.6) is 0 Å². The lowest BCUT2D eigenvalue weighted by Crippen LogP contribution is -1.98. The van der Waals surface area contributed by atoms with E-state index in [1.54, 1.807) is 12.5 Å². The molecule has 0 saturated carbocycles. The molecule has 3 nitrogen and oxygen atoms in total. The standard InChI is InChI=1S/C14H13N3.ClH/c1-2-11-9-16-14(17-8-7-15-10-17)13-6-4-3-5-12(11)13;/h3-10H,2H2,1H3;1H. The Hall–Kier alpha value is -1.87. The first-order valence-corrected chi connectivity index (χ1v) is 5.75. The van der Waals surface area contributed by atoms with Crippen molar-refractivity contribution in [2.45, 2.75) is 13.3 Å². The molecule has 2 heterocycles. The first-order valence-electron chi connectivity index (χ1n) is 5.75. The van der Waals surface area contributed by atoms with Gasteiger partial charge in [0.15, 0.2) is 0 Å². The number of benzene rings is 1. The van der Waals surface area contributed by atoms with Gasteiger partial charge in [-0.05, 0) is 17.4 Å². The number of fused-ring (bicyclic) bond motifs is 1. The van der Waals surface area contributed by atoms with E-state index in [9.17, 15) is 0 Å². The molecule has 0 unspecified atom stereocenters. The van der Waals surface area contributed by atoms with E-state index in [0.717, 1.165) is 12.2 Å². The maximum Gasteiger partial charge on any atom is 0.145 e. The van der Waals surface area contributed by atoms with Crippen LogP contribution in [0, 0.1) is 0 Å². The topological polar surface area (TPSA) is 30.7 Å². The van der Waals surface area contributed by atoms with Crippen molar-refractivity contribution >= 4 is 23.2 Å². The van der Waals surface area contributed by atoms with Crippen LogP contribution < -0.4 is 0 Å². The Morgan fingerprint density at radius 3 is 2.61 bits per heavy atom. The lowest BCUT2D eigenvalue weighted by atomic mass is 10.1. The molecular weight excluding hydrogens is 246 g/mol. The molecule has 0 atom stereocenters. The van der Waals surface area contributed by atoms with Crippen LogP contribution in [0.3, 0.4) is 0 Å². The second-order valence-corrected chi connectivity index (χ2v) is 3.98. The summed E-state index contributed by atoms with van der Waals surface area (Å²) < 4.78 is 1.95. The van der Waals surface area contributed by atoms with Crippen molar-refractivity contribution in [2.24, 2.45) is 0 Å². The number of halogens is 1. The third-order valence-corrected chi connectivity index (χ3v) is 2.99. The van der Waals surface area contributed by atoms with Crippen LogP contribution in [0.1, 0.15) is 12.5 Å². The summed E-state index contributed by atoms with van der Waals surface area (Å²) in [7, 11) is 0. The molecule has 0 N–H and O–H groups in total. The number of hydrogen-bond acceptors (Lipinski definition) is 2. The van der Waals surface area contributed by atoms with Crippen LogP contribution in [0.4, 0.5) is 0 Å². The monoisotopic (exact) mass is 259 g/mol. The zero-order valence-electron chi connectivity index (χ0n) is 10.1. The summed E-state index contributed by atoms with van der Waals surface area (Å²) >= 11 is 0. The largest absolute Gasteiger partial charge is 0.290 e. The molecule has 0 amide bonds.